The van der Waals surface area contributed by atoms with Gasteiger partial charge in [-0.15, -0.1) is 0 Å². The number of rotatable bonds is 6. The van der Waals surface area contributed by atoms with Crippen LogP contribution in [0.4, 0.5) is 4.39 Å². The van der Waals surface area contributed by atoms with Gasteiger partial charge in [0.05, 0.1) is 6.54 Å². The maximum Gasteiger partial charge on any atom is 0.346 e. The van der Waals surface area contributed by atoms with E-state index in [9.17, 15) is 14.0 Å². The van der Waals surface area contributed by atoms with Crippen molar-refractivity contribution in [1.82, 2.24) is 19.7 Å². The van der Waals surface area contributed by atoms with E-state index in [4.69, 9.17) is 4.74 Å². The number of hydrogen-bond donors (Lipinski definition) is 1. The maximum atomic E-state index is 13.0. The summed E-state index contributed by atoms with van der Waals surface area (Å²) in [6.45, 7) is 3.22. The van der Waals surface area contributed by atoms with Gasteiger partial charge in [0, 0.05) is 25.6 Å². The van der Waals surface area contributed by atoms with Crippen LogP contribution in [-0.2, 0) is 29.0 Å². The maximum absolute atomic E-state index is 13.0. The molecule has 1 aromatic heterocycles. The van der Waals surface area contributed by atoms with Crippen LogP contribution in [0.3, 0.4) is 0 Å². The molecule has 0 bridgehead atoms. The first kappa shape index (κ1) is 18.3. The molecule has 26 heavy (non-hydrogen) atoms. The summed E-state index contributed by atoms with van der Waals surface area (Å²) in [7, 11) is 0. The number of nitrogens with zero attached hydrogens (tertiary/aromatic N) is 3. The number of nitrogens with one attached hydrogen (secondary N) is 1. The van der Waals surface area contributed by atoms with Crippen LogP contribution in [0.15, 0.2) is 29.1 Å². The zero-order valence-corrected chi connectivity index (χ0v) is 14.8. The Balaban J connectivity index is 1.64. The predicted octanol–water partition coefficient (Wildman–Crippen LogP) is 1.09. The standard InChI is InChI=1S/C18H23FN4O3/c1-2-26-12-17(24)20-15-7-8-16-21-23(18(25)22(16)10-9-15)11-13-3-5-14(19)6-4-13/h3-6,15H,2,7-12H2,1H3,(H,20,24). The largest absolute Gasteiger partial charge is 0.372 e. The number of ether oxygens (including phenoxy) is 1. The molecule has 7 nitrogen and oxygen atoms in total. The molecule has 0 aliphatic carbocycles. The summed E-state index contributed by atoms with van der Waals surface area (Å²) >= 11 is 0. The van der Waals surface area contributed by atoms with Gasteiger partial charge in [0.2, 0.25) is 5.91 Å². The van der Waals surface area contributed by atoms with Gasteiger partial charge in [-0.3, -0.25) is 9.36 Å². The zero-order chi connectivity index (χ0) is 18.5. The number of carbonyl (C=O) groups excluding carboxylic acids is 1. The molecule has 1 amide bonds. The number of carbonyl (C=O) groups is 1. The molecule has 1 atom stereocenters. The minimum Gasteiger partial charge on any atom is -0.372 e. The van der Waals surface area contributed by atoms with E-state index in [0.717, 1.165) is 17.8 Å². The van der Waals surface area contributed by atoms with Crippen LogP contribution in [-0.4, -0.2) is 39.5 Å². The van der Waals surface area contributed by atoms with E-state index in [0.29, 0.717) is 32.5 Å². The van der Waals surface area contributed by atoms with Crippen molar-refractivity contribution < 1.29 is 13.9 Å². The summed E-state index contributed by atoms with van der Waals surface area (Å²) in [6, 6.07) is 6.05. The molecule has 3 rings (SSSR count). The average molecular weight is 362 g/mol. The number of aryl methyl sites for hydroxylation is 1. The molecule has 0 radical (unpaired) electrons. The quantitative estimate of drug-likeness (QED) is 0.834. The van der Waals surface area contributed by atoms with Gasteiger partial charge >= 0.3 is 5.69 Å². The van der Waals surface area contributed by atoms with E-state index in [1.165, 1.54) is 16.8 Å². The Labute approximate surface area is 150 Å². The van der Waals surface area contributed by atoms with Gasteiger partial charge in [0.25, 0.3) is 0 Å². The highest BCUT2D eigenvalue weighted by molar-refractivity contribution is 5.77. The number of hydrogen-bond acceptors (Lipinski definition) is 4. The molecule has 140 valence electrons. The Hall–Kier alpha value is -2.48. The fraction of sp³-hybridized carbons (Fsp3) is 0.500. The molecule has 1 aromatic carbocycles. The van der Waals surface area contributed by atoms with Crippen LogP contribution >= 0.6 is 0 Å². The molecule has 8 heteroatoms. The summed E-state index contributed by atoms with van der Waals surface area (Å²) < 4.78 is 21.2. The Bertz CT molecular complexity index is 813. The molecule has 2 aromatic rings. The molecule has 0 spiro atoms. The number of fused-ring (bicyclic) bond motifs is 1. The summed E-state index contributed by atoms with van der Waals surface area (Å²) in [5, 5.41) is 7.38. The summed E-state index contributed by atoms with van der Waals surface area (Å²) in [5.74, 6) is 0.280. The summed E-state index contributed by atoms with van der Waals surface area (Å²) in [5.41, 5.74) is 0.647. The molecule has 1 unspecified atom stereocenters. The lowest BCUT2D eigenvalue weighted by Crippen LogP contribution is -2.38. The lowest BCUT2D eigenvalue weighted by molar-refractivity contribution is -0.126. The van der Waals surface area contributed by atoms with Gasteiger partial charge in [-0.05, 0) is 37.5 Å². The first-order chi connectivity index (χ1) is 12.6. The smallest absolute Gasteiger partial charge is 0.346 e. The second kappa shape index (κ2) is 8.27. The SMILES string of the molecule is CCOCC(=O)NC1CCc2nn(Cc3ccc(F)cc3)c(=O)n2CC1. The fourth-order valence-electron chi connectivity index (χ4n) is 3.10. The van der Waals surface area contributed by atoms with E-state index in [-0.39, 0.29) is 30.1 Å². The third-order valence-electron chi connectivity index (χ3n) is 4.46. The second-order valence-electron chi connectivity index (χ2n) is 6.36. The molecular weight excluding hydrogens is 339 g/mol. The third kappa shape index (κ3) is 4.37. The number of halogens is 1. The van der Waals surface area contributed by atoms with E-state index in [2.05, 4.69) is 10.4 Å². The van der Waals surface area contributed by atoms with Crippen LogP contribution in [0.25, 0.3) is 0 Å². The second-order valence-corrected chi connectivity index (χ2v) is 6.36. The lowest BCUT2D eigenvalue weighted by atomic mass is 10.1. The van der Waals surface area contributed by atoms with E-state index in [1.807, 2.05) is 6.92 Å². The predicted molar refractivity (Wildman–Crippen MR) is 93.4 cm³/mol. The summed E-state index contributed by atoms with van der Waals surface area (Å²) in [6.07, 6.45) is 2.02. The molecule has 1 N–H and O–H groups in total. The molecule has 1 aliphatic rings. The van der Waals surface area contributed by atoms with Crippen LogP contribution in [0.5, 0.6) is 0 Å². The van der Waals surface area contributed by atoms with Gasteiger partial charge in [-0.2, -0.15) is 5.10 Å². The molecule has 0 saturated carbocycles. The molecule has 2 heterocycles. The minimum absolute atomic E-state index is 0.00889. The van der Waals surface area contributed by atoms with Crippen LogP contribution in [0.2, 0.25) is 0 Å². The van der Waals surface area contributed by atoms with Crippen molar-refractivity contribution in [3.63, 3.8) is 0 Å². The fourth-order valence-corrected chi connectivity index (χ4v) is 3.10. The van der Waals surface area contributed by atoms with Crippen LogP contribution < -0.4 is 11.0 Å². The highest BCUT2D eigenvalue weighted by atomic mass is 19.1. The van der Waals surface area contributed by atoms with Gasteiger partial charge < -0.3 is 10.1 Å². The van der Waals surface area contributed by atoms with Gasteiger partial charge in [-0.1, -0.05) is 12.1 Å². The Kier molecular flexibility index (Phi) is 5.82. The molecular formula is C18H23FN4O3. The van der Waals surface area contributed by atoms with Crippen molar-refractivity contribution in [1.29, 1.82) is 0 Å². The highest BCUT2D eigenvalue weighted by Gasteiger charge is 2.22. The first-order valence-corrected chi connectivity index (χ1v) is 8.85. The van der Waals surface area contributed by atoms with E-state index in [1.54, 1.807) is 16.7 Å². The van der Waals surface area contributed by atoms with Gasteiger partial charge in [0.15, 0.2) is 0 Å². The average Bonchev–Trinajstić information content (AvgIpc) is 2.79. The first-order valence-electron chi connectivity index (χ1n) is 8.85. The lowest BCUT2D eigenvalue weighted by Gasteiger charge is -2.15. The number of aromatic nitrogens is 3. The van der Waals surface area contributed by atoms with E-state index < -0.39 is 0 Å². The number of benzene rings is 1. The van der Waals surface area contributed by atoms with Crippen molar-refractivity contribution in [2.24, 2.45) is 0 Å². The van der Waals surface area contributed by atoms with Crippen molar-refractivity contribution in [2.45, 2.75) is 45.3 Å². The third-order valence-corrected chi connectivity index (χ3v) is 4.46. The highest BCUT2D eigenvalue weighted by Crippen LogP contribution is 2.12. The topological polar surface area (TPSA) is 78.2 Å². The Morgan fingerprint density at radius 1 is 1.35 bits per heavy atom. The zero-order valence-electron chi connectivity index (χ0n) is 14.8. The van der Waals surface area contributed by atoms with Crippen molar-refractivity contribution in [3.8, 4) is 0 Å². The monoisotopic (exact) mass is 362 g/mol. The number of amides is 1. The van der Waals surface area contributed by atoms with Crippen molar-refractivity contribution in [2.75, 3.05) is 13.2 Å². The van der Waals surface area contributed by atoms with Gasteiger partial charge in [0.1, 0.15) is 18.2 Å². The van der Waals surface area contributed by atoms with E-state index >= 15 is 0 Å². The van der Waals surface area contributed by atoms with Crippen LogP contribution in [0, 0.1) is 5.82 Å². The molecule has 0 fully saturated rings. The molecule has 1 aliphatic heterocycles. The minimum atomic E-state index is -0.306. The normalized spacial score (nSPS) is 16.8. The molecule has 0 saturated heterocycles. The van der Waals surface area contributed by atoms with Crippen molar-refractivity contribution >= 4 is 5.91 Å². The van der Waals surface area contributed by atoms with Crippen molar-refractivity contribution in [3.05, 3.63) is 52.0 Å². The summed E-state index contributed by atoms with van der Waals surface area (Å²) in [4.78, 5) is 24.4. The van der Waals surface area contributed by atoms with Crippen LogP contribution in [0.1, 0.15) is 31.2 Å². The Morgan fingerprint density at radius 2 is 2.12 bits per heavy atom. The van der Waals surface area contributed by atoms with Gasteiger partial charge in [-0.25, -0.2) is 13.9 Å². The Morgan fingerprint density at radius 3 is 2.85 bits per heavy atom.